The van der Waals surface area contributed by atoms with Crippen LogP contribution in [0, 0.1) is 6.92 Å². The van der Waals surface area contributed by atoms with Crippen molar-refractivity contribution in [2.45, 2.75) is 33.2 Å². The van der Waals surface area contributed by atoms with Crippen LogP contribution in [0.3, 0.4) is 0 Å². The van der Waals surface area contributed by atoms with E-state index >= 15 is 0 Å². The minimum Gasteiger partial charge on any atom is -0.394 e. The fraction of sp³-hybridized carbons (Fsp3) is 0.467. The molecule has 2 N–H and O–H groups in total. The number of likely N-dealkylation sites (N-methyl/N-ethyl adjacent to an activating group) is 1. The monoisotopic (exact) mass is 278 g/mol. The first-order valence-corrected chi connectivity index (χ1v) is 6.62. The Morgan fingerprint density at radius 3 is 2.50 bits per heavy atom. The zero-order valence-electron chi connectivity index (χ0n) is 12.4. The minimum atomic E-state index is -0.821. The van der Waals surface area contributed by atoms with E-state index in [9.17, 15) is 9.59 Å². The molecule has 1 aromatic carbocycles. The zero-order valence-corrected chi connectivity index (χ0v) is 12.4. The van der Waals surface area contributed by atoms with Gasteiger partial charge in [-0.1, -0.05) is 12.1 Å². The summed E-state index contributed by atoms with van der Waals surface area (Å²) in [6, 6.07) is 7.41. The van der Waals surface area contributed by atoms with Crippen LogP contribution in [0.1, 0.15) is 26.3 Å². The fourth-order valence-corrected chi connectivity index (χ4v) is 1.76. The van der Waals surface area contributed by atoms with E-state index in [1.165, 1.54) is 4.90 Å². The van der Waals surface area contributed by atoms with Gasteiger partial charge in [-0.15, -0.1) is 0 Å². The quantitative estimate of drug-likeness (QED) is 0.814. The lowest BCUT2D eigenvalue weighted by atomic mass is 10.1. The van der Waals surface area contributed by atoms with E-state index in [4.69, 9.17) is 5.11 Å². The smallest absolute Gasteiger partial charge is 0.316 e. The maximum Gasteiger partial charge on any atom is 0.316 e. The first kappa shape index (κ1) is 16.2. The van der Waals surface area contributed by atoms with E-state index < -0.39 is 17.4 Å². The molecule has 0 radical (unpaired) electrons. The van der Waals surface area contributed by atoms with Crippen molar-refractivity contribution in [2.24, 2.45) is 0 Å². The molecule has 0 bridgehead atoms. The molecule has 5 heteroatoms. The number of nitrogens with zero attached hydrogens (tertiary/aromatic N) is 1. The molecule has 1 aromatic rings. The number of anilines is 1. The Morgan fingerprint density at radius 2 is 2.00 bits per heavy atom. The van der Waals surface area contributed by atoms with E-state index in [1.54, 1.807) is 19.9 Å². The van der Waals surface area contributed by atoms with Crippen molar-refractivity contribution in [1.82, 2.24) is 5.32 Å². The highest BCUT2D eigenvalue weighted by atomic mass is 16.3. The van der Waals surface area contributed by atoms with Crippen molar-refractivity contribution in [3.05, 3.63) is 29.8 Å². The number of benzene rings is 1. The largest absolute Gasteiger partial charge is 0.394 e. The van der Waals surface area contributed by atoms with Crippen LogP contribution < -0.4 is 10.2 Å². The highest BCUT2D eigenvalue weighted by Gasteiger charge is 2.27. The van der Waals surface area contributed by atoms with Crippen molar-refractivity contribution >= 4 is 17.5 Å². The Morgan fingerprint density at radius 1 is 1.35 bits per heavy atom. The zero-order chi connectivity index (χ0) is 15.3. The van der Waals surface area contributed by atoms with Gasteiger partial charge in [0.05, 0.1) is 12.1 Å². The van der Waals surface area contributed by atoms with E-state index in [1.807, 2.05) is 32.0 Å². The van der Waals surface area contributed by atoms with Crippen molar-refractivity contribution in [1.29, 1.82) is 0 Å². The summed E-state index contributed by atoms with van der Waals surface area (Å²) in [5.41, 5.74) is 0.887. The van der Waals surface area contributed by atoms with E-state index in [2.05, 4.69) is 5.32 Å². The number of aryl methyl sites for hydroxylation is 1. The minimum absolute atomic E-state index is 0.234. The van der Waals surface area contributed by atoms with Gasteiger partial charge in [0.25, 0.3) is 0 Å². The van der Waals surface area contributed by atoms with Gasteiger partial charge in [-0.05, 0) is 45.4 Å². The van der Waals surface area contributed by atoms with Gasteiger partial charge < -0.3 is 15.3 Å². The van der Waals surface area contributed by atoms with E-state index in [0.717, 1.165) is 5.56 Å². The second kappa shape index (κ2) is 6.52. The summed E-state index contributed by atoms with van der Waals surface area (Å²) in [5.74, 6) is -1.34. The van der Waals surface area contributed by atoms with Gasteiger partial charge in [-0.2, -0.15) is 0 Å². The highest BCUT2D eigenvalue weighted by Crippen LogP contribution is 2.16. The summed E-state index contributed by atoms with van der Waals surface area (Å²) >= 11 is 0. The Kier molecular flexibility index (Phi) is 5.27. The predicted molar refractivity (Wildman–Crippen MR) is 78.5 cm³/mol. The van der Waals surface area contributed by atoms with Crippen LogP contribution in [-0.2, 0) is 9.59 Å². The first-order chi connectivity index (χ1) is 9.30. The molecule has 0 aliphatic heterocycles. The third-order valence-electron chi connectivity index (χ3n) is 2.92. The van der Waals surface area contributed by atoms with Gasteiger partial charge in [0.2, 0.25) is 0 Å². The van der Waals surface area contributed by atoms with Gasteiger partial charge in [0.15, 0.2) is 0 Å². The SMILES string of the molecule is CCN(C(=O)C(=O)NC(C)(C)CO)c1cccc(C)c1. The van der Waals surface area contributed by atoms with Crippen molar-refractivity contribution < 1.29 is 14.7 Å². The average molecular weight is 278 g/mol. The summed E-state index contributed by atoms with van der Waals surface area (Å²) < 4.78 is 0. The topological polar surface area (TPSA) is 69.6 Å². The number of hydrogen-bond donors (Lipinski definition) is 2. The molecule has 0 aromatic heterocycles. The highest BCUT2D eigenvalue weighted by molar-refractivity contribution is 6.40. The molecule has 0 saturated heterocycles. The number of rotatable bonds is 4. The summed E-state index contributed by atoms with van der Waals surface area (Å²) in [7, 11) is 0. The molecule has 0 heterocycles. The first-order valence-electron chi connectivity index (χ1n) is 6.62. The molecule has 2 amide bonds. The maximum atomic E-state index is 12.2. The Hall–Kier alpha value is -1.88. The molecule has 0 unspecified atom stereocenters. The van der Waals surface area contributed by atoms with E-state index in [0.29, 0.717) is 12.2 Å². The van der Waals surface area contributed by atoms with Crippen molar-refractivity contribution in [3.63, 3.8) is 0 Å². The van der Waals surface area contributed by atoms with Gasteiger partial charge in [0.1, 0.15) is 0 Å². The summed E-state index contributed by atoms with van der Waals surface area (Å²) in [5, 5.41) is 11.7. The molecule has 0 aliphatic carbocycles. The normalized spacial score (nSPS) is 11.1. The second-order valence-corrected chi connectivity index (χ2v) is 5.38. The van der Waals surface area contributed by atoms with Crippen LogP contribution in [0.2, 0.25) is 0 Å². The number of nitrogens with one attached hydrogen (secondary N) is 1. The molecule has 0 atom stereocenters. The molecule has 0 spiro atoms. The fourth-order valence-electron chi connectivity index (χ4n) is 1.76. The second-order valence-electron chi connectivity index (χ2n) is 5.38. The lowest BCUT2D eigenvalue weighted by Gasteiger charge is -2.26. The number of carbonyl (C=O) groups is 2. The molecule has 20 heavy (non-hydrogen) atoms. The molecule has 5 nitrogen and oxygen atoms in total. The Bertz CT molecular complexity index is 498. The van der Waals surface area contributed by atoms with Crippen LogP contribution in [-0.4, -0.2) is 35.6 Å². The predicted octanol–water partition coefficient (Wildman–Crippen LogP) is 1.24. The lowest BCUT2D eigenvalue weighted by molar-refractivity contribution is -0.138. The maximum absolute atomic E-state index is 12.2. The number of amides is 2. The number of carbonyl (C=O) groups excluding carboxylic acids is 2. The van der Waals surface area contributed by atoms with Crippen LogP contribution in [0.25, 0.3) is 0 Å². The third kappa shape index (κ3) is 4.06. The summed E-state index contributed by atoms with van der Waals surface area (Å²) in [6.07, 6.45) is 0. The number of aliphatic hydroxyl groups is 1. The van der Waals surface area contributed by atoms with Crippen LogP contribution in [0.4, 0.5) is 5.69 Å². The van der Waals surface area contributed by atoms with Crippen molar-refractivity contribution in [3.8, 4) is 0 Å². The van der Waals surface area contributed by atoms with Gasteiger partial charge in [-0.25, -0.2) is 0 Å². The molecule has 110 valence electrons. The van der Waals surface area contributed by atoms with Crippen molar-refractivity contribution in [2.75, 3.05) is 18.1 Å². The Balaban J connectivity index is 2.90. The number of aliphatic hydroxyl groups excluding tert-OH is 1. The molecular formula is C15H22N2O3. The van der Waals surface area contributed by atoms with Gasteiger partial charge in [-0.3, -0.25) is 9.59 Å². The molecule has 0 aliphatic rings. The molecule has 0 fully saturated rings. The van der Waals surface area contributed by atoms with Crippen LogP contribution in [0.15, 0.2) is 24.3 Å². The van der Waals surface area contributed by atoms with Crippen LogP contribution >= 0.6 is 0 Å². The Labute approximate surface area is 119 Å². The molecule has 0 saturated carbocycles. The average Bonchev–Trinajstić information content (AvgIpc) is 2.39. The number of hydrogen-bond acceptors (Lipinski definition) is 3. The standard InChI is InChI=1S/C15H22N2O3/c1-5-17(12-8-6-7-11(2)9-12)14(20)13(19)16-15(3,4)10-18/h6-9,18H,5,10H2,1-4H3,(H,16,19). The van der Waals surface area contributed by atoms with Gasteiger partial charge in [0, 0.05) is 12.2 Å². The lowest BCUT2D eigenvalue weighted by Crippen LogP contribution is -2.52. The molecular weight excluding hydrogens is 256 g/mol. The third-order valence-corrected chi connectivity index (χ3v) is 2.92. The van der Waals surface area contributed by atoms with E-state index in [-0.39, 0.29) is 6.61 Å². The van der Waals surface area contributed by atoms with Gasteiger partial charge >= 0.3 is 11.8 Å². The summed E-state index contributed by atoms with van der Waals surface area (Å²) in [4.78, 5) is 25.6. The molecule has 1 rings (SSSR count). The van der Waals surface area contributed by atoms with Crippen LogP contribution in [0.5, 0.6) is 0 Å². The summed E-state index contributed by atoms with van der Waals surface area (Å²) in [6.45, 7) is 7.21.